The number of rotatable bonds is 5. The molecule has 2 aliphatic rings. The van der Waals surface area contributed by atoms with Gasteiger partial charge in [-0.2, -0.15) is 0 Å². The van der Waals surface area contributed by atoms with Crippen LogP contribution in [-0.2, 0) is 16.0 Å². The van der Waals surface area contributed by atoms with E-state index < -0.39 is 5.41 Å². The van der Waals surface area contributed by atoms with E-state index in [2.05, 4.69) is 11.4 Å². The molecule has 0 spiro atoms. The van der Waals surface area contributed by atoms with Gasteiger partial charge in [0.15, 0.2) is 0 Å². The molecule has 31 heavy (non-hydrogen) atoms. The van der Waals surface area contributed by atoms with E-state index in [4.69, 9.17) is 0 Å². The van der Waals surface area contributed by atoms with Gasteiger partial charge in [0, 0.05) is 24.5 Å². The monoisotopic (exact) mass is 422 g/mol. The van der Waals surface area contributed by atoms with Crippen LogP contribution in [0.2, 0.25) is 0 Å². The number of amides is 2. The highest BCUT2D eigenvalue weighted by atomic mass is 19.1. The smallest absolute Gasteiger partial charge is 0.228 e. The van der Waals surface area contributed by atoms with E-state index in [1.807, 2.05) is 43.9 Å². The van der Waals surface area contributed by atoms with E-state index in [0.717, 1.165) is 29.5 Å². The Labute approximate surface area is 183 Å². The predicted octanol–water partition coefficient (Wildman–Crippen LogP) is 4.58. The topological polar surface area (TPSA) is 49.4 Å². The van der Waals surface area contributed by atoms with Crippen LogP contribution < -0.4 is 5.32 Å². The number of carbonyl (C=O) groups excluding carboxylic acids is 2. The molecule has 1 saturated carbocycles. The highest BCUT2D eigenvalue weighted by Gasteiger charge is 2.48. The number of hydrogen-bond acceptors (Lipinski definition) is 2. The highest BCUT2D eigenvalue weighted by Crippen LogP contribution is 2.39. The molecule has 2 aromatic carbocycles. The predicted molar refractivity (Wildman–Crippen MR) is 120 cm³/mol. The Morgan fingerprint density at radius 2 is 1.81 bits per heavy atom. The van der Waals surface area contributed by atoms with Gasteiger partial charge >= 0.3 is 0 Å². The number of nitrogens with zero attached hydrogens (tertiary/aromatic N) is 1. The molecule has 0 unspecified atom stereocenters. The zero-order valence-corrected chi connectivity index (χ0v) is 18.6. The summed E-state index contributed by atoms with van der Waals surface area (Å²) in [7, 11) is 0. The number of likely N-dealkylation sites (tertiary alicyclic amines) is 1. The Balaban J connectivity index is 1.60. The molecule has 5 heteroatoms. The van der Waals surface area contributed by atoms with E-state index in [1.54, 1.807) is 12.1 Å². The number of halogens is 1. The van der Waals surface area contributed by atoms with Gasteiger partial charge in [-0.3, -0.25) is 9.59 Å². The first-order valence-corrected chi connectivity index (χ1v) is 11.1. The van der Waals surface area contributed by atoms with Crippen molar-refractivity contribution in [3.8, 4) is 11.1 Å². The zero-order valence-electron chi connectivity index (χ0n) is 18.6. The van der Waals surface area contributed by atoms with Crippen LogP contribution in [0.5, 0.6) is 0 Å². The molecule has 1 N–H and O–H groups in total. The maximum atomic E-state index is 13.4. The van der Waals surface area contributed by atoms with Crippen LogP contribution in [0, 0.1) is 17.2 Å². The first-order valence-electron chi connectivity index (χ1n) is 11.1. The summed E-state index contributed by atoms with van der Waals surface area (Å²) < 4.78 is 13.3. The number of nitrogens with one attached hydrogen (secondary N) is 1. The number of benzene rings is 2. The summed E-state index contributed by atoms with van der Waals surface area (Å²) in [5, 5.41) is 3.16. The van der Waals surface area contributed by atoms with E-state index in [9.17, 15) is 14.0 Å². The van der Waals surface area contributed by atoms with Gasteiger partial charge in [0.1, 0.15) is 5.82 Å². The summed E-state index contributed by atoms with van der Waals surface area (Å²) in [5.41, 5.74) is 2.00. The van der Waals surface area contributed by atoms with Crippen LogP contribution in [0.1, 0.15) is 45.6 Å². The van der Waals surface area contributed by atoms with Crippen molar-refractivity contribution < 1.29 is 14.0 Å². The Morgan fingerprint density at radius 3 is 2.45 bits per heavy atom. The molecular weight excluding hydrogens is 391 g/mol. The van der Waals surface area contributed by atoms with Gasteiger partial charge in [-0.25, -0.2) is 4.39 Å². The Hall–Kier alpha value is -2.69. The first kappa shape index (κ1) is 21.5. The van der Waals surface area contributed by atoms with Gasteiger partial charge in [0.2, 0.25) is 11.8 Å². The Kier molecular flexibility index (Phi) is 5.63. The maximum Gasteiger partial charge on any atom is 0.228 e. The zero-order chi connectivity index (χ0) is 22.2. The van der Waals surface area contributed by atoms with Gasteiger partial charge in [0.05, 0.1) is 5.41 Å². The molecule has 1 aliphatic heterocycles. The second-order valence-corrected chi connectivity index (χ2v) is 10.2. The lowest BCUT2D eigenvalue weighted by molar-refractivity contribution is -0.134. The van der Waals surface area contributed by atoms with Crippen molar-refractivity contribution >= 4 is 11.8 Å². The first-order chi connectivity index (χ1) is 14.7. The molecule has 1 saturated heterocycles. The molecule has 4 nitrogen and oxygen atoms in total. The Bertz CT molecular complexity index is 976. The second-order valence-electron chi connectivity index (χ2n) is 10.2. The van der Waals surface area contributed by atoms with E-state index in [0.29, 0.717) is 25.9 Å². The van der Waals surface area contributed by atoms with E-state index in [1.165, 1.54) is 12.1 Å². The number of hydrogen-bond donors (Lipinski definition) is 1. The van der Waals surface area contributed by atoms with Gasteiger partial charge in [-0.05, 0) is 75.3 Å². The van der Waals surface area contributed by atoms with Gasteiger partial charge < -0.3 is 10.2 Å². The fourth-order valence-corrected chi connectivity index (χ4v) is 4.43. The molecule has 0 aromatic heterocycles. The lowest BCUT2D eigenvalue weighted by Crippen LogP contribution is -2.51. The summed E-state index contributed by atoms with van der Waals surface area (Å²) in [6.45, 7) is 7.04. The molecule has 4 rings (SSSR count). The van der Waals surface area contributed by atoms with Crippen molar-refractivity contribution in [1.82, 2.24) is 10.2 Å². The van der Waals surface area contributed by atoms with Crippen LogP contribution >= 0.6 is 0 Å². The van der Waals surface area contributed by atoms with Crippen LogP contribution in [0.4, 0.5) is 4.39 Å². The summed E-state index contributed by atoms with van der Waals surface area (Å²) in [4.78, 5) is 28.0. The lowest BCUT2D eigenvalue weighted by atomic mass is 9.78. The van der Waals surface area contributed by atoms with Gasteiger partial charge in [-0.15, -0.1) is 0 Å². The Morgan fingerprint density at radius 1 is 1.10 bits per heavy atom. The quantitative estimate of drug-likeness (QED) is 0.767. The van der Waals surface area contributed by atoms with Crippen molar-refractivity contribution in [3.05, 3.63) is 59.9 Å². The summed E-state index contributed by atoms with van der Waals surface area (Å²) in [6, 6.07) is 14.5. The van der Waals surface area contributed by atoms with Gasteiger partial charge in [0.25, 0.3) is 0 Å². The van der Waals surface area contributed by atoms with Crippen LogP contribution in [0.15, 0.2) is 48.5 Å². The average Bonchev–Trinajstić information content (AvgIpc) is 3.47. The third-order valence-corrected chi connectivity index (χ3v) is 6.21. The molecule has 1 atom stereocenters. The third-order valence-electron chi connectivity index (χ3n) is 6.21. The maximum absolute atomic E-state index is 13.4. The second kappa shape index (κ2) is 8.10. The molecule has 1 heterocycles. The molecular formula is C26H31FN2O2. The van der Waals surface area contributed by atoms with E-state index in [-0.39, 0.29) is 29.1 Å². The summed E-state index contributed by atoms with van der Waals surface area (Å²) >= 11 is 0. The minimum Gasteiger partial charge on any atom is -0.351 e. The van der Waals surface area contributed by atoms with Crippen molar-refractivity contribution in [2.45, 2.75) is 52.0 Å². The summed E-state index contributed by atoms with van der Waals surface area (Å²) in [5.74, 6) is 0.108. The average molecular weight is 423 g/mol. The normalized spacial score (nSPS) is 21.2. The molecule has 2 aromatic rings. The van der Waals surface area contributed by atoms with Crippen molar-refractivity contribution in [1.29, 1.82) is 0 Å². The van der Waals surface area contributed by atoms with Crippen LogP contribution in [0.3, 0.4) is 0 Å². The van der Waals surface area contributed by atoms with Crippen LogP contribution in [0.25, 0.3) is 11.1 Å². The van der Waals surface area contributed by atoms with Crippen molar-refractivity contribution in [3.63, 3.8) is 0 Å². The molecule has 0 radical (unpaired) electrons. The van der Waals surface area contributed by atoms with Gasteiger partial charge in [-0.1, -0.05) is 36.4 Å². The molecule has 164 valence electrons. The fraction of sp³-hybridized carbons (Fsp3) is 0.462. The lowest BCUT2D eigenvalue weighted by Gasteiger charge is -2.32. The van der Waals surface area contributed by atoms with Crippen LogP contribution in [-0.4, -0.2) is 35.3 Å². The standard InChI is InChI=1S/C26H31FN2O2/c1-25(2,3)28-24(31)26(13-14-29(17-26)23(30)20-7-8-20)16-18-5-4-6-21(15-18)19-9-11-22(27)12-10-19/h4-6,9-12,15,20H,7-8,13-14,16-17H2,1-3H3,(H,28,31)/t26-/m0/s1. The fourth-order valence-electron chi connectivity index (χ4n) is 4.43. The third kappa shape index (κ3) is 4.97. The summed E-state index contributed by atoms with van der Waals surface area (Å²) in [6.07, 6.45) is 3.17. The van der Waals surface area contributed by atoms with Crippen molar-refractivity contribution in [2.75, 3.05) is 13.1 Å². The molecule has 1 aliphatic carbocycles. The molecule has 2 fully saturated rings. The minimum absolute atomic E-state index is 0.0123. The largest absolute Gasteiger partial charge is 0.351 e. The molecule has 0 bridgehead atoms. The number of carbonyl (C=O) groups is 2. The van der Waals surface area contributed by atoms with Crippen molar-refractivity contribution in [2.24, 2.45) is 11.3 Å². The highest BCUT2D eigenvalue weighted by molar-refractivity contribution is 5.87. The minimum atomic E-state index is -0.640. The molecule has 2 amide bonds. The SMILES string of the molecule is CC(C)(C)NC(=O)[C@]1(Cc2cccc(-c3ccc(F)cc3)c2)CCN(C(=O)C2CC2)C1. The van der Waals surface area contributed by atoms with E-state index >= 15 is 0 Å².